The fourth-order valence-electron chi connectivity index (χ4n) is 4.05. The lowest BCUT2D eigenvalue weighted by atomic mass is 10.1. The zero-order valence-electron chi connectivity index (χ0n) is 18.1. The van der Waals surface area contributed by atoms with Gasteiger partial charge in [0.25, 0.3) is 0 Å². The quantitative estimate of drug-likeness (QED) is 0.248. The third kappa shape index (κ3) is 4.82. The molecule has 4 rings (SSSR count). The summed E-state index contributed by atoms with van der Waals surface area (Å²) in [4.78, 5) is 23.3. The van der Waals surface area contributed by atoms with Crippen LogP contribution < -0.4 is 21.3 Å². The third-order valence-corrected chi connectivity index (χ3v) is 6.21. The van der Waals surface area contributed by atoms with Crippen LogP contribution in [-0.2, 0) is 11.2 Å². The van der Waals surface area contributed by atoms with Crippen molar-refractivity contribution in [3.63, 3.8) is 0 Å². The second-order valence-corrected chi connectivity index (χ2v) is 8.58. The van der Waals surface area contributed by atoms with E-state index in [1.807, 2.05) is 6.07 Å². The van der Waals surface area contributed by atoms with Crippen LogP contribution in [0.15, 0.2) is 36.5 Å². The van der Waals surface area contributed by atoms with Gasteiger partial charge < -0.3 is 21.5 Å². The number of anilines is 3. The largest absolute Gasteiger partial charge is 0.378 e. The van der Waals surface area contributed by atoms with Crippen LogP contribution in [0.2, 0.25) is 10.0 Å². The Hall–Kier alpha value is -3.25. The lowest BCUT2D eigenvalue weighted by Gasteiger charge is -2.40. The van der Waals surface area contributed by atoms with Crippen molar-refractivity contribution in [2.24, 2.45) is 0 Å². The van der Waals surface area contributed by atoms with Gasteiger partial charge in [-0.15, -0.1) is 0 Å². The smallest absolute Gasteiger partial charge is 0.311 e. The van der Waals surface area contributed by atoms with Crippen LogP contribution in [0.25, 0.3) is 0 Å². The number of nitrogens with two attached hydrogens (primary N) is 2. The molecule has 0 radical (unpaired) electrons. The molecule has 11 nitrogen and oxygen atoms in total. The van der Waals surface area contributed by atoms with Gasteiger partial charge in [-0.2, -0.15) is 4.98 Å². The van der Waals surface area contributed by atoms with E-state index >= 15 is 0 Å². The summed E-state index contributed by atoms with van der Waals surface area (Å²) in [7, 11) is 0. The maximum atomic E-state index is 11.0. The molecule has 0 amide bonds. The number of morpholine rings is 1. The zero-order valence-corrected chi connectivity index (χ0v) is 19.6. The maximum Gasteiger partial charge on any atom is 0.311 e. The first-order valence-corrected chi connectivity index (χ1v) is 11.2. The van der Waals surface area contributed by atoms with Crippen LogP contribution in [-0.4, -0.2) is 52.7 Å². The SMILES string of the molecule is Nc1ncc(CCNc2ccc([N+](=O)[O-])c(N)n2)c([N+]2(c3ccc(Cl)cc3Cl)CCOCC2)n1. The molecule has 1 aliphatic heterocycles. The summed E-state index contributed by atoms with van der Waals surface area (Å²) >= 11 is 12.8. The van der Waals surface area contributed by atoms with Crippen molar-refractivity contribution >= 4 is 58.0 Å². The van der Waals surface area contributed by atoms with Crippen LogP contribution in [0.1, 0.15) is 5.56 Å². The number of hydrogen-bond donors (Lipinski definition) is 3. The Morgan fingerprint density at radius 1 is 1.15 bits per heavy atom. The number of hydrogen-bond acceptors (Lipinski definition) is 9. The Morgan fingerprint density at radius 2 is 1.91 bits per heavy atom. The van der Waals surface area contributed by atoms with Gasteiger partial charge in [0.15, 0.2) is 5.69 Å². The number of pyridine rings is 1. The first kappa shape index (κ1) is 23.9. The fraction of sp³-hybridized carbons (Fsp3) is 0.286. The number of benzene rings is 1. The predicted molar refractivity (Wildman–Crippen MR) is 132 cm³/mol. The molecular weight excluding hydrogens is 483 g/mol. The van der Waals surface area contributed by atoms with E-state index in [1.165, 1.54) is 12.1 Å². The highest BCUT2D eigenvalue weighted by Crippen LogP contribution is 2.42. The number of ether oxygens (including phenoxy) is 1. The van der Waals surface area contributed by atoms with Crippen molar-refractivity contribution < 1.29 is 9.66 Å². The summed E-state index contributed by atoms with van der Waals surface area (Å²) in [6.45, 7) is 2.71. The Kier molecular flexibility index (Phi) is 6.98. The molecule has 1 saturated heterocycles. The Labute approximate surface area is 205 Å². The molecule has 34 heavy (non-hydrogen) atoms. The highest BCUT2D eigenvalue weighted by atomic mass is 35.5. The van der Waals surface area contributed by atoms with Gasteiger partial charge in [0, 0.05) is 29.9 Å². The van der Waals surface area contributed by atoms with Gasteiger partial charge in [0.2, 0.25) is 17.6 Å². The number of rotatable bonds is 7. The van der Waals surface area contributed by atoms with E-state index in [9.17, 15) is 10.1 Å². The average Bonchev–Trinajstić information content (AvgIpc) is 2.80. The fourth-order valence-corrected chi connectivity index (χ4v) is 4.62. The molecule has 1 fully saturated rings. The minimum Gasteiger partial charge on any atom is -0.378 e. The maximum absolute atomic E-state index is 11.0. The molecule has 0 aliphatic carbocycles. The van der Waals surface area contributed by atoms with Gasteiger partial charge in [0.1, 0.15) is 23.9 Å². The lowest BCUT2D eigenvalue weighted by Crippen LogP contribution is -2.53. The van der Waals surface area contributed by atoms with Crippen molar-refractivity contribution in [2.45, 2.75) is 6.42 Å². The van der Waals surface area contributed by atoms with E-state index in [-0.39, 0.29) is 17.5 Å². The number of nitrogen functional groups attached to an aromatic ring is 2. The van der Waals surface area contributed by atoms with Gasteiger partial charge in [-0.05, 0) is 24.6 Å². The lowest BCUT2D eigenvalue weighted by molar-refractivity contribution is -0.384. The summed E-state index contributed by atoms with van der Waals surface area (Å²) in [5, 5.41) is 15.2. The second-order valence-electron chi connectivity index (χ2n) is 7.73. The van der Waals surface area contributed by atoms with Crippen molar-refractivity contribution in [3.05, 3.63) is 62.3 Å². The minimum atomic E-state index is -0.572. The molecule has 3 heterocycles. The van der Waals surface area contributed by atoms with Crippen molar-refractivity contribution in [2.75, 3.05) is 49.6 Å². The molecule has 0 atom stereocenters. The van der Waals surface area contributed by atoms with E-state index in [0.717, 1.165) is 17.1 Å². The Morgan fingerprint density at radius 3 is 2.59 bits per heavy atom. The predicted octanol–water partition coefficient (Wildman–Crippen LogP) is 3.57. The number of aromatic nitrogens is 3. The summed E-state index contributed by atoms with van der Waals surface area (Å²) < 4.78 is 5.99. The molecule has 2 aromatic heterocycles. The average molecular weight is 506 g/mol. The first-order valence-electron chi connectivity index (χ1n) is 10.5. The summed E-state index contributed by atoms with van der Waals surface area (Å²) in [6.07, 6.45) is 2.23. The first-order chi connectivity index (χ1) is 16.3. The molecule has 5 N–H and O–H groups in total. The molecule has 13 heteroatoms. The topological polar surface area (TPSA) is 155 Å². The monoisotopic (exact) mass is 505 g/mol. The number of nitro groups is 1. The summed E-state index contributed by atoms with van der Waals surface area (Å²) in [5.74, 6) is 1.17. The molecule has 178 valence electrons. The molecule has 1 aromatic carbocycles. The number of quaternary nitrogens is 1. The van der Waals surface area contributed by atoms with Crippen LogP contribution >= 0.6 is 23.2 Å². The number of nitrogens with zero attached hydrogens (tertiary/aromatic N) is 5. The van der Waals surface area contributed by atoms with E-state index in [0.29, 0.717) is 59.6 Å². The molecule has 0 saturated carbocycles. The van der Waals surface area contributed by atoms with Crippen molar-refractivity contribution in [3.8, 4) is 0 Å². The number of nitrogens with one attached hydrogen (secondary N) is 1. The van der Waals surface area contributed by atoms with Gasteiger partial charge in [-0.25, -0.2) is 14.5 Å². The van der Waals surface area contributed by atoms with Crippen LogP contribution in [0.5, 0.6) is 0 Å². The van der Waals surface area contributed by atoms with Crippen molar-refractivity contribution in [1.29, 1.82) is 0 Å². The van der Waals surface area contributed by atoms with E-state index in [2.05, 4.69) is 20.3 Å². The minimum absolute atomic E-state index is 0.151. The summed E-state index contributed by atoms with van der Waals surface area (Å²) in [5.41, 5.74) is 13.2. The third-order valence-electron chi connectivity index (χ3n) is 5.67. The second kappa shape index (κ2) is 9.94. The highest BCUT2D eigenvalue weighted by Gasteiger charge is 2.41. The van der Waals surface area contributed by atoms with Crippen LogP contribution in [0.3, 0.4) is 0 Å². The standard InChI is InChI=1S/C21H23Cl2N8O3/c22-14-1-3-17(15(23)11-14)31(7-9-34-10-8-31)20-13(12-27-21(25)29-20)5-6-26-18-4-2-16(30(32)33)19(24)28-18/h1-4,11-12H,5-10H2,(H3,24,26,28)(H2,25,27,29)/q+1. The van der Waals surface area contributed by atoms with Gasteiger partial charge in [0.05, 0.1) is 23.7 Å². The van der Waals surface area contributed by atoms with Crippen LogP contribution in [0, 0.1) is 10.1 Å². The molecular formula is C21H23Cl2N8O3+. The Bertz CT molecular complexity index is 1220. The highest BCUT2D eigenvalue weighted by molar-refractivity contribution is 6.36. The van der Waals surface area contributed by atoms with E-state index in [1.54, 1.807) is 18.3 Å². The molecule has 0 spiro atoms. The molecule has 3 aromatic rings. The van der Waals surface area contributed by atoms with E-state index < -0.39 is 4.92 Å². The van der Waals surface area contributed by atoms with E-state index in [4.69, 9.17) is 39.4 Å². The molecule has 1 aliphatic rings. The normalized spacial score (nSPS) is 15.1. The zero-order chi connectivity index (χ0) is 24.3. The molecule has 0 unspecified atom stereocenters. The summed E-state index contributed by atoms with van der Waals surface area (Å²) in [6, 6.07) is 8.25. The van der Waals surface area contributed by atoms with Gasteiger partial charge in [-0.3, -0.25) is 10.1 Å². The van der Waals surface area contributed by atoms with Crippen LogP contribution in [0.4, 0.5) is 34.8 Å². The van der Waals surface area contributed by atoms with Gasteiger partial charge in [-0.1, -0.05) is 23.2 Å². The molecule has 0 bridgehead atoms. The number of halogens is 2. The Balaban J connectivity index is 1.64. The van der Waals surface area contributed by atoms with Gasteiger partial charge >= 0.3 is 5.69 Å². The van der Waals surface area contributed by atoms with Crippen molar-refractivity contribution in [1.82, 2.24) is 19.4 Å².